The van der Waals surface area contributed by atoms with Gasteiger partial charge in [0.25, 0.3) is 0 Å². The van der Waals surface area contributed by atoms with Gasteiger partial charge in [0.15, 0.2) is 5.96 Å². The van der Waals surface area contributed by atoms with Crippen LogP contribution in [0.15, 0.2) is 41.4 Å². The fourth-order valence-corrected chi connectivity index (χ4v) is 2.42. The molecule has 1 aromatic rings. The molecule has 1 aromatic carbocycles. The van der Waals surface area contributed by atoms with Crippen LogP contribution in [-0.4, -0.2) is 25.7 Å². The van der Waals surface area contributed by atoms with Crippen molar-refractivity contribution >= 4 is 29.9 Å². The highest BCUT2D eigenvalue weighted by atomic mass is 127. The van der Waals surface area contributed by atoms with Crippen LogP contribution in [0.25, 0.3) is 0 Å². The van der Waals surface area contributed by atoms with Crippen molar-refractivity contribution in [3.63, 3.8) is 0 Å². The van der Waals surface area contributed by atoms with Gasteiger partial charge in [0, 0.05) is 19.7 Å². The van der Waals surface area contributed by atoms with E-state index in [0.717, 1.165) is 25.3 Å². The van der Waals surface area contributed by atoms with Crippen LogP contribution in [0.3, 0.4) is 0 Å². The first-order valence-corrected chi connectivity index (χ1v) is 7.59. The maximum Gasteiger partial charge on any atom is 0.191 e. The second kappa shape index (κ2) is 10.6. The molecular weight excluding hydrogens is 389 g/mol. The van der Waals surface area contributed by atoms with Crippen molar-refractivity contribution in [2.75, 3.05) is 13.7 Å². The van der Waals surface area contributed by atoms with E-state index in [-0.39, 0.29) is 24.0 Å². The number of guanidine groups is 1. The van der Waals surface area contributed by atoms with Gasteiger partial charge in [0.05, 0.1) is 13.2 Å². The number of nitrogens with zero attached hydrogens (tertiary/aromatic N) is 1. The lowest BCUT2D eigenvalue weighted by Gasteiger charge is -2.17. The number of nitrogens with one attached hydrogen (secondary N) is 2. The minimum Gasteiger partial charge on any atom is -0.380 e. The highest BCUT2D eigenvalue weighted by Crippen LogP contribution is 2.12. The number of rotatable bonds is 6. The standard InChI is InChI=1S/C17H25N3O.HI/c1-3-18-17(20-16-10-6-7-11-16)19-12-14-8-4-5-9-15(14)13-21-2;/h4-9,16H,3,10-13H2,1-2H3,(H2,18,19,20);1H. The summed E-state index contributed by atoms with van der Waals surface area (Å²) in [6.45, 7) is 4.24. The Morgan fingerprint density at radius 3 is 2.55 bits per heavy atom. The molecule has 1 aliphatic carbocycles. The highest BCUT2D eigenvalue weighted by Gasteiger charge is 2.11. The summed E-state index contributed by atoms with van der Waals surface area (Å²) in [6.07, 6.45) is 6.58. The molecule has 1 aliphatic rings. The molecule has 0 saturated heterocycles. The fourth-order valence-electron chi connectivity index (χ4n) is 2.42. The van der Waals surface area contributed by atoms with Crippen molar-refractivity contribution in [2.45, 2.75) is 39.0 Å². The summed E-state index contributed by atoms with van der Waals surface area (Å²) in [7, 11) is 1.72. The zero-order valence-electron chi connectivity index (χ0n) is 13.3. The van der Waals surface area contributed by atoms with E-state index >= 15 is 0 Å². The van der Waals surface area contributed by atoms with Gasteiger partial charge in [-0.2, -0.15) is 0 Å². The first-order valence-electron chi connectivity index (χ1n) is 7.59. The Labute approximate surface area is 150 Å². The van der Waals surface area contributed by atoms with E-state index in [1.807, 2.05) is 12.1 Å². The Bertz CT molecular complexity index is 494. The summed E-state index contributed by atoms with van der Waals surface area (Å²) in [5.74, 6) is 0.887. The van der Waals surface area contributed by atoms with Crippen molar-refractivity contribution in [2.24, 2.45) is 4.99 Å². The summed E-state index contributed by atoms with van der Waals surface area (Å²) in [6, 6.07) is 8.76. The van der Waals surface area contributed by atoms with E-state index in [1.165, 1.54) is 11.1 Å². The lowest BCUT2D eigenvalue weighted by atomic mass is 10.1. The van der Waals surface area contributed by atoms with E-state index in [2.05, 4.69) is 41.8 Å². The van der Waals surface area contributed by atoms with Gasteiger partial charge in [-0.25, -0.2) is 4.99 Å². The lowest BCUT2D eigenvalue weighted by molar-refractivity contribution is 0.184. The molecule has 0 heterocycles. The van der Waals surface area contributed by atoms with Gasteiger partial charge in [-0.15, -0.1) is 24.0 Å². The van der Waals surface area contributed by atoms with Crippen LogP contribution in [0.1, 0.15) is 30.9 Å². The van der Waals surface area contributed by atoms with Gasteiger partial charge in [0.2, 0.25) is 0 Å². The Kier molecular flexibility index (Phi) is 9.15. The Morgan fingerprint density at radius 1 is 1.23 bits per heavy atom. The molecule has 4 nitrogen and oxygen atoms in total. The third-order valence-electron chi connectivity index (χ3n) is 3.52. The van der Waals surface area contributed by atoms with E-state index < -0.39 is 0 Å². The third kappa shape index (κ3) is 5.96. The summed E-state index contributed by atoms with van der Waals surface area (Å²) in [5, 5.41) is 6.79. The molecule has 122 valence electrons. The maximum atomic E-state index is 5.24. The monoisotopic (exact) mass is 415 g/mol. The van der Waals surface area contributed by atoms with Gasteiger partial charge in [0.1, 0.15) is 0 Å². The minimum absolute atomic E-state index is 0. The van der Waals surface area contributed by atoms with Crippen LogP contribution in [0, 0.1) is 0 Å². The van der Waals surface area contributed by atoms with Crippen molar-refractivity contribution in [3.8, 4) is 0 Å². The van der Waals surface area contributed by atoms with Crippen LogP contribution in [-0.2, 0) is 17.9 Å². The predicted octanol–water partition coefficient (Wildman–Crippen LogP) is 3.22. The van der Waals surface area contributed by atoms with Gasteiger partial charge >= 0.3 is 0 Å². The molecule has 0 aliphatic heterocycles. The maximum absolute atomic E-state index is 5.24. The van der Waals surface area contributed by atoms with Crippen LogP contribution >= 0.6 is 24.0 Å². The molecule has 2 rings (SSSR count). The summed E-state index contributed by atoms with van der Waals surface area (Å²) in [4.78, 5) is 4.70. The van der Waals surface area contributed by atoms with Gasteiger partial charge in [-0.1, -0.05) is 36.4 Å². The average Bonchev–Trinajstić information content (AvgIpc) is 3.00. The Morgan fingerprint density at radius 2 is 1.91 bits per heavy atom. The zero-order valence-corrected chi connectivity index (χ0v) is 15.7. The highest BCUT2D eigenvalue weighted by molar-refractivity contribution is 14.0. The van der Waals surface area contributed by atoms with Gasteiger partial charge in [-0.05, 0) is 30.9 Å². The molecule has 0 radical (unpaired) electrons. The molecule has 0 amide bonds. The molecule has 2 N–H and O–H groups in total. The summed E-state index contributed by atoms with van der Waals surface area (Å²) < 4.78 is 5.24. The first-order chi connectivity index (χ1) is 10.3. The number of aliphatic imine (C=N–C) groups is 1. The molecule has 0 saturated carbocycles. The van der Waals surface area contributed by atoms with Crippen molar-refractivity contribution in [1.82, 2.24) is 10.6 Å². The normalized spacial score (nSPS) is 14.7. The van der Waals surface area contributed by atoms with Crippen molar-refractivity contribution in [3.05, 3.63) is 47.5 Å². The molecule has 0 fully saturated rings. The topological polar surface area (TPSA) is 45.7 Å². The van der Waals surface area contributed by atoms with E-state index in [1.54, 1.807) is 7.11 Å². The zero-order chi connectivity index (χ0) is 14.9. The number of ether oxygens (including phenoxy) is 1. The quantitative estimate of drug-likeness (QED) is 0.325. The number of benzene rings is 1. The van der Waals surface area contributed by atoms with Gasteiger partial charge < -0.3 is 15.4 Å². The SMILES string of the molecule is CCNC(=NCc1ccccc1COC)NC1CC=CC1.I. The second-order valence-corrected chi connectivity index (χ2v) is 5.18. The molecular formula is C17H26IN3O. The molecule has 0 unspecified atom stereocenters. The third-order valence-corrected chi connectivity index (χ3v) is 3.52. The molecule has 22 heavy (non-hydrogen) atoms. The van der Waals surface area contributed by atoms with Gasteiger partial charge in [-0.3, -0.25) is 0 Å². The Balaban J connectivity index is 0.00000242. The Hall–Kier alpha value is -1.08. The van der Waals surface area contributed by atoms with Crippen LogP contribution in [0.4, 0.5) is 0 Å². The van der Waals surface area contributed by atoms with E-state index in [9.17, 15) is 0 Å². The van der Waals surface area contributed by atoms with Crippen LogP contribution < -0.4 is 10.6 Å². The number of hydrogen-bond acceptors (Lipinski definition) is 2. The number of methoxy groups -OCH3 is 1. The molecule has 5 heteroatoms. The van der Waals surface area contributed by atoms with Crippen molar-refractivity contribution in [1.29, 1.82) is 0 Å². The molecule has 0 spiro atoms. The van der Waals surface area contributed by atoms with Crippen LogP contribution in [0.5, 0.6) is 0 Å². The summed E-state index contributed by atoms with van der Waals surface area (Å²) in [5.41, 5.74) is 2.41. The van der Waals surface area contributed by atoms with Crippen LogP contribution in [0.2, 0.25) is 0 Å². The number of halogens is 1. The number of hydrogen-bond donors (Lipinski definition) is 2. The van der Waals surface area contributed by atoms with Crippen molar-refractivity contribution < 1.29 is 4.74 Å². The fraction of sp³-hybridized carbons (Fsp3) is 0.471. The first kappa shape index (κ1) is 19.0. The lowest BCUT2D eigenvalue weighted by Crippen LogP contribution is -2.42. The van der Waals surface area contributed by atoms with E-state index in [4.69, 9.17) is 9.73 Å². The summed E-state index contributed by atoms with van der Waals surface area (Å²) >= 11 is 0. The minimum atomic E-state index is 0. The van der Waals surface area contributed by atoms with E-state index in [0.29, 0.717) is 19.2 Å². The molecule has 0 atom stereocenters. The molecule has 0 aromatic heterocycles. The molecule has 0 bridgehead atoms. The largest absolute Gasteiger partial charge is 0.380 e. The average molecular weight is 415 g/mol. The smallest absolute Gasteiger partial charge is 0.191 e. The second-order valence-electron chi connectivity index (χ2n) is 5.18. The predicted molar refractivity (Wildman–Crippen MR) is 103 cm³/mol.